The lowest BCUT2D eigenvalue weighted by atomic mass is 10.0. The Morgan fingerprint density at radius 2 is 2.35 bits per heavy atom. The van der Waals surface area contributed by atoms with Gasteiger partial charge in [-0.05, 0) is 6.42 Å². The van der Waals surface area contributed by atoms with E-state index in [0.29, 0.717) is 24.7 Å². The van der Waals surface area contributed by atoms with Gasteiger partial charge in [-0.2, -0.15) is 0 Å². The Morgan fingerprint density at radius 3 is 2.95 bits per heavy atom. The predicted molar refractivity (Wildman–Crippen MR) is 76.2 cm³/mol. The summed E-state index contributed by atoms with van der Waals surface area (Å²) in [4.78, 5) is 17.1. The minimum atomic E-state index is -0.986. The van der Waals surface area contributed by atoms with Gasteiger partial charge in [-0.25, -0.2) is 0 Å². The Balaban J connectivity index is 1.96. The lowest BCUT2D eigenvalue weighted by Gasteiger charge is -2.38. The Labute approximate surface area is 122 Å². The van der Waals surface area contributed by atoms with E-state index in [9.17, 15) is 15.0 Å². The lowest BCUT2D eigenvalue weighted by Crippen LogP contribution is -2.52. The SMILES string of the molecule is CN=C(N)SC1CC(O)C(O)C(CN2CCCC2=O)O1. The zero-order valence-electron chi connectivity index (χ0n) is 11.4. The summed E-state index contributed by atoms with van der Waals surface area (Å²) < 4.78 is 5.75. The zero-order chi connectivity index (χ0) is 14.7. The average Bonchev–Trinajstić information content (AvgIpc) is 2.81. The van der Waals surface area contributed by atoms with Gasteiger partial charge in [0.05, 0.1) is 6.10 Å². The fourth-order valence-electron chi connectivity index (χ4n) is 2.44. The van der Waals surface area contributed by atoms with Gasteiger partial charge in [-0.15, -0.1) is 0 Å². The molecule has 7 nitrogen and oxygen atoms in total. The first-order chi connectivity index (χ1) is 9.51. The number of thioether (sulfide) groups is 1. The van der Waals surface area contributed by atoms with Crippen LogP contribution < -0.4 is 5.73 Å². The number of amidine groups is 1. The van der Waals surface area contributed by atoms with E-state index in [0.717, 1.165) is 6.42 Å². The van der Waals surface area contributed by atoms with Crippen molar-refractivity contribution in [2.75, 3.05) is 20.1 Å². The van der Waals surface area contributed by atoms with Crippen molar-refractivity contribution in [1.29, 1.82) is 0 Å². The first kappa shape index (κ1) is 15.6. The molecule has 0 saturated carbocycles. The summed E-state index contributed by atoms with van der Waals surface area (Å²) in [6, 6.07) is 0. The van der Waals surface area contributed by atoms with Crippen molar-refractivity contribution in [1.82, 2.24) is 4.90 Å². The van der Waals surface area contributed by atoms with Crippen LogP contribution in [0.15, 0.2) is 4.99 Å². The van der Waals surface area contributed by atoms with Gasteiger partial charge in [0.15, 0.2) is 5.17 Å². The number of nitrogens with two attached hydrogens (primary N) is 1. The highest BCUT2D eigenvalue weighted by molar-refractivity contribution is 8.14. The number of ether oxygens (including phenoxy) is 1. The van der Waals surface area contributed by atoms with Crippen LogP contribution in [0.1, 0.15) is 19.3 Å². The molecule has 2 heterocycles. The number of carbonyl (C=O) groups is 1. The maximum absolute atomic E-state index is 11.6. The molecule has 0 bridgehead atoms. The highest BCUT2D eigenvalue weighted by atomic mass is 32.2. The molecule has 114 valence electrons. The van der Waals surface area contributed by atoms with Crippen LogP contribution in [-0.4, -0.2) is 70.1 Å². The topological polar surface area (TPSA) is 108 Å². The van der Waals surface area contributed by atoms with E-state index in [1.54, 1.807) is 11.9 Å². The van der Waals surface area contributed by atoms with Gasteiger partial charge in [0.25, 0.3) is 0 Å². The van der Waals surface area contributed by atoms with Crippen LogP contribution in [0.2, 0.25) is 0 Å². The molecular weight excluding hydrogens is 282 g/mol. The molecule has 1 amide bonds. The number of nitrogens with zero attached hydrogens (tertiary/aromatic N) is 2. The highest BCUT2D eigenvalue weighted by Crippen LogP contribution is 2.29. The van der Waals surface area contributed by atoms with Crippen LogP contribution in [0, 0.1) is 0 Å². The Kier molecular flexibility index (Phi) is 5.25. The third-order valence-corrected chi connectivity index (χ3v) is 4.57. The Bertz CT molecular complexity index is 393. The summed E-state index contributed by atoms with van der Waals surface area (Å²) in [5, 5.41) is 20.3. The second-order valence-corrected chi connectivity index (χ2v) is 6.20. The standard InChI is InChI=1S/C12H21N3O4S/c1-14-12(13)20-10-5-7(16)11(18)8(19-10)6-15-4-2-3-9(15)17/h7-8,10-11,16,18H,2-6H2,1H3,(H2,13,14). The molecule has 20 heavy (non-hydrogen) atoms. The quantitative estimate of drug-likeness (QED) is 0.462. The first-order valence-corrected chi connectivity index (χ1v) is 7.57. The molecule has 4 N–H and O–H groups in total. The molecule has 4 unspecified atom stereocenters. The molecule has 2 rings (SSSR count). The van der Waals surface area contributed by atoms with E-state index in [4.69, 9.17) is 10.5 Å². The van der Waals surface area contributed by atoms with Crippen molar-refractivity contribution in [2.45, 2.75) is 43.0 Å². The highest BCUT2D eigenvalue weighted by Gasteiger charge is 2.39. The van der Waals surface area contributed by atoms with Crippen LogP contribution in [0.3, 0.4) is 0 Å². The van der Waals surface area contributed by atoms with Crippen LogP contribution in [0.5, 0.6) is 0 Å². The molecule has 2 aliphatic rings. The molecule has 8 heteroatoms. The normalized spacial score (nSPS) is 35.6. The maximum atomic E-state index is 11.6. The van der Waals surface area contributed by atoms with Crippen LogP contribution in [0.25, 0.3) is 0 Å². The van der Waals surface area contributed by atoms with E-state index >= 15 is 0 Å². The number of likely N-dealkylation sites (tertiary alicyclic amines) is 1. The molecule has 2 aliphatic heterocycles. The van der Waals surface area contributed by atoms with Gasteiger partial charge >= 0.3 is 0 Å². The third-order valence-electron chi connectivity index (χ3n) is 3.58. The summed E-state index contributed by atoms with van der Waals surface area (Å²) >= 11 is 1.22. The van der Waals surface area contributed by atoms with E-state index in [1.807, 2.05) is 0 Å². The number of hydrogen-bond acceptors (Lipinski definition) is 6. The van der Waals surface area contributed by atoms with Crippen molar-refractivity contribution in [3.05, 3.63) is 0 Å². The van der Waals surface area contributed by atoms with Crippen LogP contribution >= 0.6 is 11.8 Å². The molecule has 2 saturated heterocycles. The van der Waals surface area contributed by atoms with E-state index in [2.05, 4.69) is 4.99 Å². The number of hydrogen-bond donors (Lipinski definition) is 3. The molecular formula is C12H21N3O4S. The Hall–Kier alpha value is -0.830. The molecule has 4 atom stereocenters. The van der Waals surface area contributed by atoms with Gasteiger partial charge < -0.3 is 25.6 Å². The minimum absolute atomic E-state index is 0.0692. The molecule has 0 aromatic carbocycles. The first-order valence-electron chi connectivity index (χ1n) is 6.69. The number of aliphatic imine (C=N–C) groups is 1. The van der Waals surface area contributed by atoms with Crippen LogP contribution in [0.4, 0.5) is 0 Å². The van der Waals surface area contributed by atoms with Gasteiger partial charge in [-0.1, -0.05) is 11.8 Å². The largest absolute Gasteiger partial charge is 0.390 e. The van der Waals surface area contributed by atoms with E-state index < -0.39 is 18.3 Å². The van der Waals surface area contributed by atoms with Crippen molar-refractivity contribution in [3.8, 4) is 0 Å². The molecule has 0 spiro atoms. The molecule has 2 fully saturated rings. The molecule has 0 aromatic heterocycles. The number of amides is 1. The van der Waals surface area contributed by atoms with Crippen molar-refractivity contribution < 1.29 is 19.7 Å². The molecule has 0 aliphatic carbocycles. The minimum Gasteiger partial charge on any atom is -0.390 e. The summed E-state index contributed by atoms with van der Waals surface area (Å²) in [6.07, 6.45) is -0.805. The maximum Gasteiger partial charge on any atom is 0.222 e. The van der Waals surface area contributed by atoms with Gasteiger partial charge in [0.2, 0.25) is 5.91 Å². The number of aliphatic hydroxyl groups is 2. The van der Waals surface area contributed by atoms with Gasteiger partial charge in [-0.3, -0.25) is 9.79 Å². The zero-order valence-corrected chi connectivity index (χ0v) is 12.3. The summed E-state index contributed by atoms with van der Waals surface area (Å²) in [6.45, 7) is 0.981. The predicted octanol–water partition coefficient (Wildman–Crippen LogP) is -0.877. The number of rotatable bonds is 3. The monoisotopic (exact) mass is 303 g/mol. The number of aliphatic hydroxyl groups excluding tert-OH is 2. The summed E-state index contributed by atoms with van der Waals surface area (Å²) in [5.41, 5.74) is 5.28. The van der Waals surface area contributed by atoms with E-state index in [1.165, 1.54) is 11.8 Å². The second-order valence-electron chi connectivity index (χ2n) is 5.02. The fourth-order valence-corrected chi connectivity index (χ4v) is 3.31. The van der Waals surface area contributed by atoms with Crippen molar-refractivity contribution >= 4 is 22.8 Å². The molecule has 0 radical (unpaired) electrons. The lowest BCUT2D eigenvalue weighted by molar-refractivity contribution is -0.155. The van der Waals surface area contributed by atoms with E-state index in [-0.39, 0.29) is 17.8 Å². The van der Waals surface area contributed by atoms with Crippen molar-refractivity contribution in [3.63, 3.8) is 0 Å². The van der Waals surface area contributed by atoms with Crippen LogP contribution in [-0.2, 0) is 9.53 Å². The summed E-state index contributed by atoms with van der Waals surface area (Å²) in [5.74, 6) is 0.0692. The van der Waals surface area contributed by atoms with Crippen molar-refractivity contribution in [2.24, 2.45) is 10.7 Å². The second kappa shape index (κ2) is 6.75. The fraction of sp³-hybridized carbons (Fsp3) is 0.833. The third kappa shape index (κ3) is 3.63. The smallest absolute Gasteiger partial charge is 0.222 e. The summed E-state index contributed by atoms with van der Waals surface area (Å²) in [7, 11) is 1.58. The Morgan fingerprint density at radius 1 is 1.60 bits per heavy atom. The number of carbonyl (C=O) groups excluding carboxylic acids is 1. The molecule has 0 aromatic rings. The average molecular weight is 303 g/mol. The van der Waals surface area contributed by atoms with Gasteiger partial charge in [0, 0.05) is 33.0 Å². The van der Waals surface area contributed by atoms with Gasteiger partial charge in [0.1, 0.15) is 17.6 Å².